The Hall–Kier alpha value is -0.890. The van der Waals surface area contributed by atoms with E-state index in [9.17, 15) is 4.39 Å². The Morgan fingerprint density at radius 3 is 3.00 bits per heavy atom. The van der Waals surface area contributed by atoms with Crippen LogP contribution in [0.25, 0.3) is 0 Å². The maximum Gasteiger partial charge on any atom is 0.123 e. The predicted molar refractivity (Wildman–Crippen MR) is 54.4 cm³/mol. The van der Waals surface area contributed by atoms with Crippen LogP contribution < -0.4 is 5.32 Å². The number of hydrogen-bond acceptors (Lipinski definition) is 0. The summed E-state index contributed by atoms with van der Waals surface area (Å²) >= 11 is 0. The minimum atomic E-state index is -0.111. The van der Waals surface area contributed by atoms with Gasteiger partial charge in [-0.05, 0) is 31.4 Å². The van der Waals surface area contributed by atoms with E-state index in [-0.39, 0.29) is 5.82 Å². The average molecular weight is 194 g/mol. The molecule has 1 atom stereocenters. The third-order valence-corrected chi connectivity index (χ3v) is 2.95. The lowest BCUT2D eigenvalue weighted by atomic mass is 10.0. The molecule has 1 heterocycles. The number of quaternary nitrogens is 1. The van der Waals surface area contributed by atoms with E-state index < -0.39 is 0 Å². The third-order valence-electron chi connectivity index (χ3n) is 2.95. The molecule has 1 aliphatic rings. The van der Waals surface area contributed by atoms with Crippen molar-refractivity contribution in [1.29, 1.82) is 0 Å². The van der Waals surface area contributed by atoms with Crippen LogP contribution in [0.2, 0.25) is 0 Å². The van der Waals surface area contributed by atoms with Gasteiger partial charge in [0.05, 0.1) is 6.54 Å². The highest BCUT2D eigenvalue weighted by atomic mass is 19.1. The van der Waals surface area contributed by atoms with E-state index in [1.165, 1.54) is 38.3 Å². The summed E-state index contributed by atoms with van der Waals surface area (Å²) in [4.78, 5) is 0. The number of benzene rings is 1. The Balaban J connectivity index is 2.12. The second kappa shape index (κ2) is 4.56. The van der Waals surface area contributed by atoms with Crippen LogP contribution in [0, 0.1) is 5.82 Å². The first-order valence-electron chi connectivity index (χ1n) is 5.45. The molecule has 14 heavy (non-hydrogen) atoms. The molecule has 0 saturated carbocycles. The van der Waals surface area contributed by atoms with E-state index in [0.29, 0.717) is 6.04 Å². The summed E-state index contributed by atoms with van der Waals surface area (Å²) in [5, 5.41) is 2.35. The number of halogens is 1. The van der Waals surface area contributed by atoms with Crippen molar-refractivity contribution in [3.05, 3.63) is 35.6 Å². The van der Waals surface area contributed by atoms with Crippen molar-refractivity contribution in [2.24, 2.45) is 0 Å². The third kappa shape index (κ3) is 2.32. The van der Waals surface area contributed by atoms with Gasteiger partial charge in [-0.3, -0.25) is 0 Å². The molecule has 76 valence electrons. The zero-order valence-corrected chi connectivity index (χ0v) is 8.38. The SMILES string of the molecule is Fc1cccc([C@@H]2CCCCC[NH2+]2)c1. The minimum absolute atomic E-state index is 0.111. The highest BCUT2D eigenvalue weighted by Crippen LogP contribution is 2.18. The van der Waals surface area contributed by atoms with Crippen molar-refractivity contribution >= 4 is 0 Å². The van der Waals surface area contributed by atoms with Gasteiger partial charge in [0.25, 0.3) is 0 Å². The van der Waals surface area contributed by atoms with Gasteiger partial charge in [-0.1, -0.05) is 12.1 Å². The minimum Gasteiger partial charge on any atom is -0.340 e. The largest absolute Gasteiger partial charge is 0.340 e. The van der Waals surface area contributed by atoms with Gasteiger partial charge in [0.15, 0.2) is 0 Å². The van der Waals surface area contributed by atoms with Gasteiger partial charge in [-0.15, -0.1) is 0 Å². The highest BCUT2D eigenvalue weighted by molar-refractivity contribution is 5.18. The molecule has 2 heteroatoms. The molecule has 0 radical (unpaired) electrons. The van der Waals surface area contributed by atoms with Gasteiger partial charge in [-0.25, -0.2) is 4.39 Å². The predicted octanol–water partition coefficient (Wildman–Crippen LogP) is 2.00. The molecule has 1 aromatic rings. The quantitative estimate of drug-likeness (QED) is 0.704. The first-order valence-corrected chi connectivity index (χ1v) is 5.45. The Morgan fingerprint density at radius 2 is 2.14 bits per heavy atom. The summed E-state index contributed by atoms with van der Waals surface area (Å²) in [5.74, 6) is -0.111. The first-order chi connectivity index (χ1) is 6.86. The van der Waals surface area contributed by atoms with Gasteiger partial charge in [-0.2, -0.15) is 0 Å². The summed E-state index contributed by atoms with van der Waals surface area (Å²) in [6.45, 7) is 1.18. The monoisotopic (exact) mass is 194 g/mol. The van der Waals surface area contributed by atoms with E-state index >= 15 is 0 Å². The fourth-order valence-electron chi connectivity index (χ4n) is 2.16. The lowest BCUT2D eigenvalue weighted by molar-refractivity contribution is -0.694. The topological polar surface area (TPSA) is 16.6 Å². The molecule has 1 aromatic carbocycles. The van der Waals surface area contributed by atoms with Gasteiger partial charge < -0.3 is 5.32 Å². The molecule has 0 unspecified atom stereocenters. The number of rotatable bonds is 1. The molecule has 1 saturated heterocycles. The van der Waals surface area contributed by atoms with Crippen LogP contribution in [0.15, 0.2) is 24.3 Å². The average Bonchev–Trinajstić information content (AvgIpc) is 2.45. The fourth-order valence-corrected chi connectivity index (χ4v) is 2.16. The molecule has 1 aliphatic heterocycles. The molecule has 0 aromatic heterocycles. The Kier molecular flexibility index (Phi) is 3.14. The fraction of sp³-hybridized carbons (Fsp3) is 0.500. The van der Waals surface area contributed by atoms with Crippen LogP contribution >= 0.6 is 0 Å². The normalized spacial score (nSPS) is 23.1. The van der Waals surface area contributed by atoms with Crippen LogP contribution in [0.1, 0.15) is 37.3 Å². The van der Waals surface area contributed by atoms with Crippen molar-refractivity contribution in [3.63, 3.8) is 0 Å². The summed E-state index contributed by atoms with van der Waals surface area (Å²) in [7, 11) is 0. The summed E-state index contributed by atoms with van der Waals surface area (Å²) in [6.07, 6.45) is 5.08. The molecule has 1 nitrogen and oxygen atoms in total. The van der Waals surface area contributed by atoms with Gasteiger partial charge in [0, 0.05) is 12.0 Å². The van der Waals surface area contributed by atoms with E-state index in [1.807, 2.05) is 12.1 Å². The van der Waals surface area contributed by atoms with Crippen molar-refractivity contribution in [2.75, 3.05) is 6.54 Å². The zero-order chi connectivity index (χ0) is 9.80. The van der Waals surface area contributed by atoms with Crippen LogP contribution in [-0.4, -0.2) is 6.54 Å². The first kappa shape index (κ1) is 9.66. The van der Waals surface area contributed by atoms with Crippen LogP contribution in [-0.2, 0) is 0 Å². The smallest absolute Gasteiger partial charge is 0.123 e. The van der Waals surface area contributed by atoms with Crippen LogP contribution in [0.5, 0.6) is 0 Å². The standard InChI is InChI=1S/C12H16FN/c13-11-6-4-5-10(9-11)12-7-2-1-3-8-14-12/h4-6,9,12,14H,1-3,7-8H2/p+1/t12-/m0/s1. The van der Waals surface area contributed by atoms with Crippen molar-refractivity contribution in [3.8, 4) is 0 Å². The maximum absolute atomic E-state index is 13.0. The van der Waals surface area contributed by atoms with E-state index in [1.54, 1.807) is 6.07 Å². The van der Waals surface area contributed by atoms with Crippen molar-refractivity contribution in [2.45, 2.75) is 31.7 Å². The van der Waals surface area contributed by atoms with E-state index in [4.69, 9.17) is 0 Å². The molecule has 0 aliphatic carbocycles. The highest BCUT2D eigenvalue weighted by Gasteiger charge is 2.16. The maximum atomic E-state index is 13.0. The van der Waals surface area contributed by atoms with Gasteiger partial charge >= 0.3 is 0 Å². The summed E-state index contributed by atoms with van der Waals surface area (Å²) in [6, 6.07) is 7.51. The lowest BCUT2D eigenvalue weighted by Gasteiger charge is -2.12. The zero-order valence-electron chi connectivity index (χ0n) is 8.38. The summed E-state index contributed by atoms with van der Waals surface area (Å²) in [5.41, 5.74) is 1.15. The van der Waals surface area contributed by atoms with Crippen LogP contribution in [0.4, 0.5) is 4.39 Å². The Labute approximate surface area is 84.3 Å². The number of nitrogens with two attached hydrogens (primary N) is 1. The van der Waals surface area contributed by atoms with Gasteiger partial charge in [0.1, 0.15) is 11.9 Å². The Bertz CT molecular complexity index is 290. The number of hydrogen-bond donors (Lipinski definition) is 1. The van der Waals surface area contributed by atoms with E-state index in [2.05, 4.69) is 5.32 Å². The molecule has 0 spiro atoms. The molecule has 2 rings (SSSR count). The second-order valence-electron chi connectivity index (χ2n) is 4.04. The molecule has 2 N–H and O–H groups in total. The van der Waals surface area contributed by atoms with E-state index in [0.717, 1.165) is 5.56 Å². The Morgan fingerprint density at radius 1 is 1.21 bits per heavy atom. The molecular weight excluding hydrogens is 177 g/mol. The molecule has 1 fully saturated rings. The van der Waals surface area contributed by atoms with Crippen molar-refractivity contribution < 1.29 is 9.71 Å². The van der Waals surface area contributed by atoms with Crippen molar-refractivity contribution in [1.82, 2.24) is 0 Å². The second-order valence-corrected chi connectivity index (χ2v) is 4.04. The lowest BCUT2D eigenvalue weighted by Crippen LogP contribution is -2.84. The summed E-state index contributed by atoms with van der Waals surface area (Å²) < 4.78 is 13.0. The van der Waals surface area contributed by atoms with Gasteiger partial charge in [0.2, 0.25) is 0 Å². The van der Waals surface area contributed by atoms with Crippen LogP contribution in [0.3, 0.4) is 0 Å². The molecule has 0 bridgehead atoms. The molecular formula is C12H17FN+. The molecule has 0 amide bonds.